The minimum absolute atomic E-state index is 0.230. The molecule has 0 aliphatic carbocycles. The molecule has 28 heavy (non-hydrogen) atoms. The Balaban J connectivity index is 1.72. The first kappa shape index (κ1) is 16.9. The zero-order valence-corrected chi connectivity index (χ0v) is 15.6. The van der Waals surface area contributed by atoms with Crippen molar-refractivity contribution in [3.05, 3.63) is 72.3 Å². The van der Waals surface area contributed by atoms with E-state index >= 15 is 0 Å². The van der Waals surface area contributed by atoms with Crippen LogP contribution in [-0.4, -0.2) is 32.7 Å². The molecule has 0 fully saturated rings. The van der Waals surface area contributed by atoms with Crippen LogP contribution < -0.4 is 5.32 Å². The van der Waals surface area contributed by atoms with Crippen LogP contribution in [-0.2, 0) is 7.05 Å². The highest BCUT2D eigenvalue weighted by molar-refractivity contribution is 5.96. The van der Waals surface area contributed by atoms with E-state index in [1.165, 1.54) is 28.7 Å². The molecule has 0 atom stereocenters. The van der Waals surface area contributed by atoms with E-state index in [2.05, 4.69) is 50.7 Å². The van der Waals surface area contributed by atoms with Crippen LogP contribution in [0.15, 0.2) is 60.9 Å². The van der Waals surface area contributed by atoms with E-state index in [0.717, 1.165) is 42.0 Å². The summed E-state index contributed by atoms with van der Waals surface area (Å²) >= 11 is 0. The molecule has 3 heterocycles. The zero-order chi connectivity index (χ0) is 19.1. The first-order chi connectivity index (χ1) is 13.7. The molecule has 1 aliphatic rings. The van der Waals surface area contributed by atoms with E-state index in [-0.39, 0.29) is 5.82 Å². The average Bonchev–Trinajstić information content (AvgIpc) is 3.33. The second-order valence-electron chi connectivity index (χ2n) is 7.08. The minimum Gasteiger partial charge on any atom is -0.316 e. The highest BCUT2D eigenvalue weighted by atomic mass is 19.1. The lowest BCUT2D eigenvalue weighted by atomic mass is 9.98. The fourth-order valence-corrected chi connectivity index (χ4v) is 3.81. The predicted molar refractivity (Wildman–Crippen MR) is 109 cm³/mol. The third-order valence-corrected chi connectivity index (χ3v) is 5.22. The zero-order valence-electron chi connectivity index (χ0n) is 15.6. The first-order valence-corrected chi connectivity index (χ1v) is 9.37. The van der Waals surface area contributed by atoms with Crippen molar-refractivity contribution in [3.63, 3.8) is 0 Å². The lowest BCUT2D eigenvalue weighted by Gasteiger charge is -2.13. The molecule has 5 rings (SSSR count). The molecule has 1 aliphatic heterocycles. The molecule has 0 radical (unpaired) electrons. The van der Waals surface area contributed by atoms with Gasteiger partial charge in [0.1, 0.15) is 11.5 Å². The van der Waals surface area contributed by atoms with E-state index in [1.807, 2.05) is 25.4 Å². The third-order valence-electron chi connectivity index (χ3n) is 5.22. The van der Waals surface area contributed by atoms with Gasteiger partial charge in [0.05, 0.1) is 11.7 Å². The number of nitrogens with one attached hydrogen (secondary N) is 1. The van der Waals surface area contributed by atoms with Gasteiger partial charge in [-0.3, -0.25) is 4.68 Å². The predicted octanol–water partition coefficient (Wildman–Crippen LogP) is 3.94. The standard InChI is InChI=1S/C22H20FN5/c1-27-14-21(25-26-27)16-2-7-22-19(12-16)20(15-8-10-24-11-9-15)13-28(22)18-5-3-17(23)4-6-18/h2-8,12-14,24H,9-11H2,1H3. The van der Waals surface area contributed by atoms with Gasteiger partial charge >= 0.3 is 0 Å². The molecule has 0 bridgehead atoms. The molecule has 0 saturated heterocycles. The second-order valence-corrected chi connectivity index (χ2v) is 7.08. The molecule has 2 aromatic heterocycles. The molecule has 140 valence electrons. The fraction of sp³-hybridized carbons (Fsp3) is 0.182. The summed E-state index contributed by atoms with van der Waals surface area (Å²) in [7, 11) is 1.87. The van der Waals surface area contributed by atoms with Gasteiger partial charge in [-0.15, -0.1) is 5.10 Å². The second kappa shape index (κ2) is 6.73. The van der Waals surface area contributed by atoms with Gasteiger partial charge in [-0.1, -0.05) is 17.4 Å². The van der Waals surface area contributed by atoms with Gasteiger partial charge in [0.2, 0.25) is 0 Å². The summed E-state index contributed by atoms with van der Waals surface area (Å²) in [5, 5.41) is 12.8. The molecular weight excluding hydrogens is 353 g/mol. The van der Waals surface area contributed by atoms with Crippen molar-refractivity contribution >= 4 is 16.5 Å². The van der Waals surface area contributed by atoms with E-state index < -0.39 is 0 Å². The van der Waals surface area contributed by atoms with Crippen molar-refractivity contribution in [2.45, 2.75) is 6.42 Å². The van der Waals surface area contributed by atoms with Gasteiger partial charge in [0.25, 0.3) is 0 Å². The Hall–Kier alpha value is -3.25. The maximum atomic E-state index is 13.4. The maximum absolute atomic E-state index is 13.4. The van der Waals surface area contributed by atoms with E-state index in [4.69, 9.17) is 0 Å². The van der Waals surface area contributed by atoms with Gasteiger partial charge < -0.3 is 9.88 Å². The minimum atomic E-state index is -0.230. The number of aryl methyl sites for hydroxylation is 1. The maximum Gasteiger partial charge on any atom is 0.123 e. The van der Waals surface area contributed by atoms with Gasteiger partial charge in [-0.2, -0.15) is 0 Å². The smallest absolute Gasteiger partial charge is 0.123 e. The average molecular weight is 373 g/mol. The van der Waals surface area contributed by atoms with Crippen LogP contribution in [0.4, 0.5) is 4.39 Å². The lowest BCUT2D eigenvalue weighted by Crippen LogP contribution is -2.19. The summed E-state index contributed by atoms with van der Waals surface area (Å²) < 4.78 is 17.3. The van der Waals surface area contributed by atoms with Crippen LogP contribution in [0.5, 0.6) is 0 Å². The number of aromatic nitrogens is 4. The summed E-state index contributed by atoms with van der Waals surface area (Å²) in [6.45, 7) is 1.85. The Labute approximate surface area is 162 Å². The quantitative estimate of drug-likeness (QED) is 0.592. The number of fused-ring (bicyclic) bond motifs is 1. The van der Waals surface area contributed by atoms with Crippen molar-refractivity contribution in [2.75, 3.05) is 13.1 Å². The first-order valence-electron chi connectivity index (χ1n) is 9.37. The van der Waals surface area contributed by atoms with Crippen molar-refractivity contribution < 1.29 is 4.39 Å². The summed E-state index contributed by atoms with van der Waals surface area (Å²) in [6, 6.07) is 13.0. The molecule has 2 aromatic carbocycles. The van der Waals surface area contributed by atoms with Gasteiger partial charge in [-0.05, 0) is 54.9 Å². The van der Waals surface area contributed by atoms with Crippen LogP contribution in [0.1, 0.15) is 12.0 Å². The van der Waals surface area contributed by atoms with Crippen molar-refractivity contribution in [3.8, 4) is 16.9 Å². The van der Waals surface area contributed by atoms with E-state index in [1.54, 1.807) is 4.68 Å². The van der Waals surface area contributed by atoms with Crippen LogP contribution in [0.3, 0.4) is 0 Å². The Kier molecular flexibility index (Phi) is 4.06. The fourth-order valence-electron chi connectivity index (χ4n) is 3.81. The van der Waals surface area contributed by atoms with Gasteiger partial charge in [0, 0.05) is 42.0 Å². The van der Waals surface area contributed by atoms with E-state index in [0.29, 0.717) is 0 Å². The molecule has 1 N–H and O–H groups in total. The number of nitrogens with zero attached hydrogens (tertiary/aromatic N) is 4. The number of hydrogen-bond acceptors (Lipinski definition) is 3. The molecule has 0 spiro atoms. The summed E-state index contributed by atoms with van der Waals surface area (Å²) in [6.07, 6.45) is 7.32. The lowest BCUT2D eigenvalue weighted by molar-refractivity contribution is 0.627. The number of hydrogen-bond donors (Lipinski definition) is 1. The Morgan fingerprint density at radius 3 is 2.64 bits per heavy atom. The molecule has 6 heteroatoms. The highest BCUT2D eigenvalue weighted by Gasteiger charge is 2.16. The highest BCUT2D eigenvalue weighted by Crippen LogP contribution is 2.34. The van der Waals surface area contributed by atoms with Crippen LogP contribution in [0.2, 0.25) is 0 Å². The third kappa shape index (κ3) is 2.92. The summed E-state index contributed by atoms with van der Waals surface area (Å²) in [5.41, 5.74) is 6.47. The van der Waals surface area contributed by atoms with Crippen molar-refractivity contribution in [1.29, 1.82) is 0 Å². The van der Waals surface area contributed by atoms with Crippen molar-refractivity contribution in [1.82, 2.24) is 24.9 Å². The molecule has 0 saturated carbocycles. The molecular formula is C22H20FN5. The summed E-state index contributed by atoms with van der Waals surface area (Å²) in [4.78, 5) is 0. The Bertz CT molecular complexity index is 1180. The van der Waals surface area contributed by atoms with Crippen molar-refractivity contribution in [2.24, 2.45) is 7.05 Å². The van der Waals surface area contributed by atoms with Crippen LogP contribution in [0.25, 0.3) is 33.4 Å². The molecule has 4 aromatic rings. The normalized spacial score (nSPS) is 14.4. The molecule has 0 unspecified atom stereocenters. The van der Waals surface area contributed by atoms with Crippen LogP contribution >= 0.6 is 0 Å². The number of rotatable bonds is 3. The van der Waals surface area contributed by atoms with E-state index in [9.17, 15) is 4.39 Å². The largest absolute Gasteiger partial charge is 0.316 e. The number of benzene rings is 2. The Morgan fingerprint density at radius 1 is 1.07 bits per heavy atom. The van der Waals surface area contributed by atoms with Gasteiger partial charge in [0.15, 0.2) is 0 Å². The molecule has 5 nitrogen and oxygen atoms in total. The molecule has 0 amide bonds. The summed E-state index contributed by atoms with van der Waals surface area (Å²) in [5.74, 6) is -0.230. The Morgan fingerprint density at radius 2 is 1.93 bits per heavy atom. The monoisotopic (exact) mass is 373 g/mol. The SMILES string of the molecule is Cn1cc(-c2ccc3c(c2)c(C2=CCNCC2)cn3-c2ccc(F)cc2)nn1. The van der Waals surface area contributed by atoms with Crippen LogP contribution in [0, 0.1) is 5.82 Å². The van der Waals surface area contributed by atoms with Gasteiger partial charge in [-0.25, -0.2) is 4.39 Å². The number of halogens is 1. The topological polar surface area (TPSA) is 47.7 Å².